The van der Waals surface area contributed by atoms with Crippen molar-refractivity contribution in [2.24, 2.45) is 5.92 Å². The van der Waals surface area contributed by atoms with Crippen LogP contribution in [0.2, 0.25) is 0 Å². The van der Waals surface area contributed by atoms with Gasteiger partial charge in [0.1, 0.15) is 6.07 Å². The van der Waals surface area contributed by atoms with Gasteiger partial charge >= 0.3 is 5.97 Å². The number of carbonyl (C=O) groups is 1. The molecule has 0 aliphatic carbocycles. The van der Waals surface area contributed by atoms with Crippen molar-refractivity contribution >= 4 is 17.1 Å². The molecule has 2 rings (SSSR count). The summed E-state index contributed by atoms with van der Waals surface area (Å²) in [6.07, 6.45) is 5.44. The van der Waals surface area contributed by atoms with Crippen molar-refractivity contribution in [3.05, 3.63) is 71.3 Å². The molecule has 0 bridgehead atoms. The minimum absolute atomic E-state index is 0.0622. The second kappa shape index (κ2) is 10.3. The maximum Gasteiger partial charge on any atom is 0.337 e. The topological polar surface area (TPSA) is 61.1 Å². The van der Waals surface area contributed by atoms with E-state index in [4.69, 9.17) is 0 Å². The summed E-state index contributed by atoms with van der Waals surface area (Å²) in [5, 5.41) is 19.7. The highest BCUT2D eigenvalue weighted by molar-refractivity contribution is 6.26. The van der Waals surface area contributed by atoms with E-state index < -0.39 is 5.97 Å². The summed E-state index contributed by atoms with van der Waals surface area (Å²) in [4.78, 5) is 12.0. The van der Waals surface area contributed by atoms with Gasteiger partial charge in [-0.1, -0.05) is 94.1 Å². The third kappa shape index (κ3) is 5.31. The van der Waals surface area contributed by atoms with E-state index >= 15 is 0 Å². The number of nitriles is 1. The van der Waals surface area contributed by atoms with Gasteiger partial charge in [-0.25, -0.2) is 4.79 Å². The van der Waals surface area contributed by atoms with Crippen molar-refractivity contribution in [1.82, 2.24) is 0 Å². The average molecular weight is 361 g/mol. The summed E-state index contributed by atoms with van der Waals surface area (Å²) in [5.74, 6) is -0.540. The quantitative estimate of drug-likeness (QED) is 0.340. The number of benzene rings is 2. The first kappa shape index (κ1) is 20.5. The fourth-order valence-corrected chi connectivity index (χ4v) is 3.43. The lowest BCUT2D eigenvalue weighted by atomic mass is 9.86. The Morgan fingerprint density at radius 2 is 1.74 bits per heavy atom. The number of aliphatic carboxylic acids is 1. The first-order valence-electron chi connectivity index (χ1n) is 9.63. The number of carboxylic acids is 1. The lowest BCUT2D eigenvalue weighted by molar-refractivity contribution is -0.130. The SMILES string of the molecule is CCCCC(CC)Cc1ccccc1C(C#N)=C(C(=O)O)c1ccccc1. The van der Waals surface area contributed by atoms with E-state index in [2.05, 4.69) is 19.9 Å². The third-order valence-corrected chi connectivity index (χ3v) is 4.98. The molecule has 1 N–H and O–H groups in total. The Hall–Kier alpha value is -2.86. The summed E-state index contributed by atoms with van der Waals surface area (Å²) >= 11 is 0. The lowest BCUT2D eigenvalue weighted by Gasteiger charge is -2.18. The third-order valence-electron chi connectivity index (χ3n) is 4.98. The maximum atomic E-state index is 12.0. The smallest absolute Gasteiger partial charge is 0.337 e. The van der Waals surface area contributed by atoms with Crippen LogP contribution in [0.3, 0.4) is 0 Å². The Morgan fingerprint density at radius 1 is 1.07 bits per heavy atom. The number of hydrogen-bond donors (Lipinski definition) is 1. The molecule has 0 radical (unpaired) electrons. The molecule has 0 heterocycles. The Labute approximate surface area is 162 Å². The van der Waals surface area contributed by atoms with Gasteiger partial charge in [0.25, 0.3) is 0 Å². The maximum absolute atomic E-state index is 12.0. The second-order valence-corrected chi connectivity index (χ2v) is 6.81. The number of unbranched alkanes of at least 4 members (excludes halogenated alkanes) is 1. The first-order chi connectivity index (χ1) is 13.1. The van der Waals surface area contributed by atoms with Crippen molar-refractivity contribution in [3.8, 4) is 6.07 Å². The zero-order valence-corrected chi connectivity index (χ0v) is 16.1. The highest BCUT2D eigenvalue weighted by atomic mass is 16.4. The molecule has 0 saturated heterocycles. The fraction of sp³-hybridized carbons (Fsp3) is 0.333. The van der Waals surface area contributed by atoms with Crippen molar-refractivity contribution in [2.45, 2.75) is 46.0 Å². The van der Waals surface area contributed by atoms with Crippen LogP contribution in [0.4, 0.5) is 0 Å². The second-order valence-electron chi connectivity index (χ2n) is 6.81. The Kier molecular flexibility index (Phi) is 7.82. The molecule has 0 aliphatic heterocycles. The summed E-state index contributed by atoms with van der Waals surface area (Å²) in [6.45, 7) is 4.38. The number of allylic oxidation sites excluding steroid dienone is 1. The lowest BCUT2D eigenvalue weighted by Crippen LogP contribution is -2.08. The number of hydrogen-bond acceptors (Lipinski definition) is 2. The minimum atomic E-state index is -1.08. The van der Waals surface area contributed by atoms with Crippen LogP contribution >= 0.6 is 0 Å². The van der Waals surface area contributed by atoms with Crippen LogP contribution in [0.15, 0.2) is 54.6 Å². The van der Waals surface area contributed by atoms with Gasteiger partial charge in [0.2, 0.25) is 0 Å². The molecule has 0 fully saturated rings. The molecule has 0 spiro atoms. The summed E-state index contributed by atoms with van der Waals surface area (Å²) in [7, 11) is 0. The Morgan fingerprint density at radius 3 is 2.33 bits per heavy atom. The molecule has 0 aliphatic rings. The van der Waals surface area contributed by atoms with Crippen molar-refractivity contribution in [3.63, 3.8) is 0 Å². The highest BCUT2D eigenvalue weighted by Gasteiger charge is 2.21. The molecule has 3 nitrogen and oxygen atoms in total. The molecule has 140 valence electrons. The average Bonchev–Trinajstić information content (AvgIpc) is 2.70. The van der Waals surface area contributed by atoms with E-state index in [0.29, 0.717) is 11.5 Å². The Balaban J connectivity index is 2.54. The van der Waals surface area contributed by atoms with Crippen LogP contribution in [0.1, 0.15) is 56.2 Å². The molecule has 1 atom stereocenters. The van der Waals surface area contributed by atoms with Crippen LogP contribution in [0.25, 0.3) is 11.1 Å². The highest BCUT2D eigenvalue weighted by Crippen LogP contribution is 2.30. The van der Waals surface area contributed by atoms with E-state index in [1.165, 1.54) is 12.8 Å². The zero-order chi connectivity index (χ0) is 19.6. The zero-order valence-electron chi connectivity index (χ0n) is 16.1. The molecule has 3 heteroatoms. The summed E-state index contributed by atoms with van der Waals surface area (Å²) in [6, 6.07) is 18.8. The van der Waals surface area contributed by atoms with Gasteiger partial charge in [-0.05, 0) is 29.0 Å². The van der Waals surface area contributed by atoms with Crippen molar-refractivity contribution in [2.75, 3.05) is 0 Å². The summed E-state index contributed by atoms with van der Waals surface area (Å²) in [5.41, 5.74) is 2.62. The van der Waals surface area contributed by atoms with Crippen molar-refractivity contribution in [1.29, 1.82) is 5.26 Å². The number of rotatable bonds is 9. The van der Waals surface area contributed by atoms with Gasteiger partial charge in [-0.2, -0.15) is 5.26 Å². The molecule has 2 aromatic rings. The van der Waals surface area contributed by atoms with Gasteiger partial charge in [-0.15, -0.1) is 0 Å². The van der Waals surface area contributed by atoms with E-state index in [1.54, 1.807) is 24.3 Å². The van der Waals surface area contributed by atoms with Crippen LogP contribution in [-0.4, -0.2) is 11.1 Å². The standard InChI is InChI=1S/C24H27NO2/c1-3-5-11-18(4-2)16-20-14-9-10-15-21(20)22(17-25)23(24(26)27)19-12-7-6-8-13-19/h6-10,12-15,18H,3-5,11,16H2,1-2H3,(H,26,27). The van der Waals surface area contributed by atoms with Crippen LogP contribution < -0.4 is 0 Å². The van der Waals surface area contributed by atoms with E-state index in [0.717, 1.165) is 30.4 Å². The van der Waals surface area contributed by atoms with Gasteiger partial charge in [0.15, 0.2) is 0 Å². The molecule has 27 heavy (non-hydrogen) atoms. The van der Waals surface area contributed by atoms with Gasteiger partial charge < -0.3 is 5.11 Å². The molecule has 1 unspecified atom stereocenters. The van der Waals surface area contributed by atoms with Crippen LogP contribution in [0, 0.1) is 17.2 Å². The molecule has 0 saturated carbocycles. The largest absolute Gasteiger partial charge is 0.478 e. The molecular formula is C24H27NO2. The number of nitrogens with zero attached hydrogens (tertiary/aromatic N) is 1. The fourth-order valence-electron chi connectivity index (χ4n) is 3.43. The van der Waals surface area contributed by atoms with Gasteiger partial charge in [0.05, 0.1) is 11.1 Å². The predicted molar refractivity (Wildman–Crippen MR) is 110 cm³/mol. The van der Waals surface area contributed by atoms with E-state index in [9.17, 15) is 15.2 Å². The number of carboxylic acid groups (broad SMARTS) is 1. The Bertz CT molecular complexity index is 831. The minimum Gasteiger partial charge on any atom is -0.478 e. The monoisotopic (exact) mass is 361 g/mol. The van der Waals surface area contributed by atoms with Crippen LogP contribution in [-0.2, 0) is 11.2 Å². The first-order valence-corrected chi connectivity index (χ1v) is 9.63. The molecular weight excluding hydrogens is 334 g/mol. The van der Waals surface area contributed by atoms with Crippen molar-refractivity contribution < 1.29 is 9.90 Å². The molecule has 0 amide bonds. The summed E-state index contributed by atoms with van der Waals surface area (Å²) < 4.78 is 0. The van der Waals surface area contributed by atoms with E-state index in [-0.39, 0.29) is 11.1 Å². The molecule has 2 aromatic carbocycles. The van der Waals surface area contributed by atoms with Gasteiger partial charge in [0, 0.05) is 0 Å². The van der Waals surface area contributed by atoms with Gasteiger partial charge in [-0.3, -0.25) is 0 Å². The predicted octanol–water partition coefficient (Wildman–Crippen LogP) is 5.96. The van der Waals surface area contributed by atoms with Crippen LogP contribution in [0.5, 0.6) is 0 Å². The molecule has 0 aromatic heterocycles. The van der Waals surface area contributed by atoms with E-state index in [1.807, 2.05) is 30.3 Å². The normalized spacial score (nSPS) is 12.8.